The van der Waals surface area contributed by atoms with Crippen LogP contribution < -0.4 is 0 Å². The van der Waals surface area contributed by atoms with E-state index in [1.54, 1.807) is 6.33 Å². The van der Waals surface area contributed by atoms with Crippen molar-refractivity contribution >= 4 is 64.9 Å². The van der Waals surface area contributed by atoms with Crippen LogP contribution in [-0.4, -0.2) is 50.3 Å². The summed E-state index contributed by atoms with van der Waals surface area (Å²) in [5.41, 5.74) is 8.23. The van der Waals surface area contributed by atoms with Crippen LogP contribution in [-0.2, 0) is 32.5 Å². The van der Waals surface area contributed by atoms with Gasteiger partial charge in [-0.3, -0.25) is 9.97 Å². The van der Waals surface area contributed by atoms with Gasteiger partial charge in [-0.25, -0.2) is 19.9 Å². The summed E-state index contributed by atoms with van der Waals surface area (Å²) in [6.07, 6.45) is 13.0. The highest BCUT2D eigenvalue weighted by molar-refractivity contribution is 5.87. The van der Waals surface area contributed by atoms with Crippen LogP contribution in [0.25, 0.3) is 64.9 Å². The molecule has 12 aromatic rings. The van der Waals surface area contributed by atoms with Crippen LogP contribution in [0, 0.1) is 0 Å². The Morgan fingerprint density at radius 3 is 1.21 bits per heavy atom. The van der Waals surface area contributed by atoms with Gasteiger partial charge in [0.25, 0.3) is 0 Å². The quantitative estimate of drug-likeness (QED) is 0.145. The maximum absolute atomic E-state index is 4.54. The van der Waals surface area contributed by atoms with Crippen molar-refractivity contribution in [2.45, 2.75) is 157 Å². The molecule has 10 heteroatoms. The van der Waals surface area contributed by atoms with Gasteiger partial charge in [-0.05, 0) is 39.9 Å². The maximum Gasteiger partial charge on any atom is 0.134 e. The molecule has 84 heavy (non-hydrogen) atoms. The van der Waals surface area contributed by atoms with E-state index in [1.165, 1.54) is 37.9 Å². The summed E-state index contributed by atoms with van der Waals surface area (Å²) in [4.78, 5) is 26.3. The molecule has 0 aliphatic rings. The largest absolute Gasteiger partial charge is 0.264 e. The molecule has 0 saturated carbocycles. The molecule has 6 aromatic carbocycles. The van der Waals surface area contributed by atoms with Gasteiger partial charge in [-0.2, -0.15) is 20.4 Å². The fraction of sp³-hybridized carbons (Fsp3) is 0.324. The van der Waals surface area contributed by atoms with Gasteiger partial charge in [0.1, 0.15) is 12.2 Å². The van der Waals surface area contributed by atoms with Gasteiger partial charge < -0.3 is 0 Å². The van der Waals surface area contributed by atoms with Crippen LogP contribution in [0.15, 0.2) is 195 Å². The number of para-hydroxylation sites is 2. The second-order valence-electron chi connectivity index (χ2n) is 27.4. The van der Waals surface area contributed by atoms with E-state index in [2.05, 4.69) is 254 Å². The third-order valence-corrected chi connectivity index (χ3v) is 13.9. The molecule has 0 N–H and O–H groups in total. The Morgan fingerprint density at radius 1 is 0.286 bits per heavy atom. The lowest BCUT2D eigenvalue weighted by atomic mass is 9.85. The number of hydrogen-bond acceptors (Lipinski definition) is 10. The van der Waals surface area contributed by atoms with E-state index in [9.17, 15) is 0 Å². The molecule has 12 rings (SSSR count). The monoisotopic (exact) mass is 1110 g/mol. The third kappa shape index (κ3) is 16.8. The molecule has 0 unspecified atom stereocenters. The standard InChI is InChI=1S/2C13H15N.4C12H14N2/c1-13(2,3)12-9-14-8-10-6-4-5-7-11(10)12;1-13(2,3)12-8-10-6-4-5-7-11(10)9-14-12;1-12(2,3)11-9-6-4-5-7-10(9)13-8-14-11;1-12(2,3)11-13-8-9-6-4-5-7-10(9)14-11;2*1-12(2,3)11-10-7-5-4-6-9(10)8-13-14-11/h2*4-9H,1-3H3;4*4-8H,1-3H3. The van der Waals surface area contributed by atoms with Gasteiger partial charge in [0, 0.05) is 101 Å². The minimum absolute atomic E-state index is 0.0179. The normalized spacial score (nSPS) is 11.9. The van der Waals surface area contributed by atoms with E-state index < -0.39 is 0 Å². The van der Waals surface area contributed by atoms with Gasteiger partial charge in [0.15, 0.2) is 0 Å². The van der Waals surface area contributed by atoms with Crippen LogP contribution in [0.3, 0.4) is 0 Å². The van der Waals surface area contributed by atoms with Crippen molar-refractivity contribution in [2.75, 3.05) is 0 Å². The Hall–Kier alpha value is -8.50. The van der Waals surface area contributed by atoms with Crippen molar-refractivity contribution in [1.29, 1.82) is 0 Å². The fourth-order valence-corrected chi connectivity index (χ4v) is 9.31. The van der Waals surface area contributed by atoms with Gasteiger partial charge in [0.2, 0.25) is 0 Å². The molecule has 0 aliphatic heterocycles. The lowest BCUT2D eigenvalue weighted by molar-refractivity contribution is 0.548. The first-order chi connectivity index (χ1) is 39.5. The summed E-state index contributed by atoms with van der Waals surface area (Å²) >= 11 is 0. The molecule has 0 spiro atoms. The summed E-state index contributed by atoms with van der Waals surface area (Å²) in [5.74, 6) is 0.899. The minimum atomic E-state index is 0.0179. The number of fused-ring (bicyclic) bond motifs is 6. The zero-order valence-corrected chi connectivity index (χ0v) is 52.9. The highest BCUT2D eigenvalue weighted by Gasteiger charge is 2.22. The molecule has 0 bridgehead atoms. The summed E-state index contributed by atoms with van der Waals surface area (Å²) in [5, 5.41) is 28.5. The fourth-order valence-electron chi connectivity index (χ4n) is 9.31. The molecule has 0 atom stereocenters. The van der Waals surface area contributed by atoms with E-state index in [4.69, 9.17) is 0 Å². The molecular weight excluding hydrogens is 1030 g/mol. The molecule has 6 aromatic heterocycles. The highest BCUT2D eigenvalue weighted by Crippen LogP contribution is 2.31. The molecular formula is C74H86N10. The number of rotatable bonds is 0. The maximum atomic E-state index is 4.54. The molecule has 0 aliphatic carbocycles. The molecule has 0 fully saturated rings. The first-order valence-corrected chi connectivity index (χ1v) is 29.0. The van der Waals surface area contributed by atoms with Gasteiger partial charge in [-0.1, -0.05) is 258 Å². The smallest absolute Gasteiger partial charge is 0.134 e. The van der Waals surface area contributed by atoms with E-state index >= 15 is 0 Å². The van der Waals surface area contributed by atoms with Crippen LogP contribution in [0.1, 0.15) is 159 Å². The zero-order valence-electron chi connectivity index (χ0n) is 52.9. The summed E-state index contributed by atoms with van der Waals surface area (Å²) in [7, 11) is 0. The van der Waals surface area contributed by atoms with Gasteiger partial charge in [0.05, 0.1) is 40.5 Å². The summed E-state index contributed by atoms with van der Waals surface area (Å²) in [6.45, 7) is 39.0. The topological polar surface area (TPSA) is 129 Å². The Labute approximate surface area is 499 Å². The average Bonchev–Trinajstić information content (AvgIpc) is 3.21. The SMILES string of the molecule is CC(C)(C)c1cc2ccccc2cn1.CC(C)(C)c1cncc2ccccc12.CC(C)(C)c1ncc2ccccc2n1.CC(C)(C)c1ncnc2ccccc12.CC(C)(C)c1nncc2ccccc12.CC(C)(C)c1nncc2ccccc12. The van der Waals surface area contributed by atoms with Crippen molar-refractivity contribution in [2.24, 2.45) is 0 Å². The Bertz CT molecular complexity index is 3620. The van der Waals surface area contributed by atoms with Gasteiger partial charge >= 0.3 is 0 Å². The van der Waals surface area contributed by atoms with Crippen molar-refractivity contribution in [1.82, 2.24) is 50.3 Å². The van der Waals surface area contributed by atoms with Gasteiger partial charge in [-0.15, -0.1) is 0 Å². The van der Waals surface area contributed by atoms with E-state index in [0.717, 1.165) is 61.2 Å². The predicted octanol–water partition coefficient (Wildman–Crippen LogP) is 18.8. The lowest BCUT2D eigenvalue weighted by Gasteiger charge is -2.20. The molecule has 0 saturated heterocycles. The van der Waals surface area contributed by atoms with E-state index in [0.29, 0.717) is 0 Å². The lowest BCUT2D eigenvalue weighted by Crippen LogP contribution is -2.15. The highest BCUT2D eigenvalue weighted by atomic mass is 15.1. The molecule has 6 heterocycles. The van der Waals surface area contributed by atoms with Crippen LogP contribution in [0.2, 0.25) is 0 Å². The van der Waals surface area contributed by atoms with Crippen LogP contribution in [0.5, 0.6) is 0 Å². The number of benzene rings is 6. The number of pyridine rings is 2. The first-order valence-electron chi connectivity index (χ1n) is 29.0. The second kappa shape index (κ2) is 26.4. The Balaban J connectivity index is 0.000000145. The Kier molecular flexibility index (Phi) is 19.8. The molecule has 432 valence electrons. The average molecular weight is 1120 g/mol. The minimum Gasteiger partial charge on any atom is -0.264 e. The first kappa shape index (κ1) is 63.1. The zero-order chi connectivity index (χ0) is 61.1. The number of aromatic nitrogens is 10. The van der Waals surface area contributed by atoms with Crippen molar-refractivity contribution in [3.8, 4) is 0 Å². The number of nitrogens with zero attached hydrogens (tertiary/aromatic N) is 10. The number of hydrogen-bond donors (Lipinski definition) is 0. The molecule has 0 radical (unpaired) electrons. The van der Waals surface area contributed by atoms with E-state index in [1.807, 2.05) is 110 Å². The second-order valence-corrected chi connectivity index (χ2v) is 27.4. The third-order valence-electron chi connectivity index (χ3n) is 13.9. The summed E-state index contributed by atoms with van der Waals surface area (Å²) < 4.78 is 0. The molecule has 0 amide bonds. The predicted molar refractivity (Wildman–Crippen MR) is 354 cm³/mol. The van der Waals surface area contributed by atoms with Crippen molar-refractivity contribution in [3.05, 3.63) is 229 Å². The Morgan fingerprint density at radius 2 is 0.714 bits per heavy atom. The molecule has 10 nitrogen and oxygen atoms in total. The van der Waals surface area contributed by atoms with Crippen LogP contribution in [0.4, 0.5) is 0 Å². The van der Waals surface area contributed by atoms with Crippen molar-refractivity contribution in [3.63, 3.8) is 0 Å². The van der Waals surface area contributed by atoms with Crippen molar-refractivity contribution < 1.29 is 0 Å². The van der Waals surface area contributed by atoms with Crippen LogP contribution >= 0.6 is 0 Å². The summed E-state index contributed by atoms with van der Waals surface area (Å²) in [6, 6.07) is 51.6. The van der Waals surface area contributed by atoms with E-state index in [-0.39, 0.29) is 32.5 Å².